The highest BCUT2D eigenvalue weighted by Gasteiger charge is 2.39. The summed E-state index contributed by atoms with van der Waals surface area (Å²) >= 11 is 0. The van der Waals surface area contributed by atoms with Crippen LogP contribution in [-0.2, 0) is 18.6 Å². The third kappa shape index (κ3) is 3.39. The molecule has 1 fully saturated rings. The standard InChI is InChI=1S/C19H21N5O/c20-19(9-5-10-19)18-22-17(25-23-18)14-24(16-7-2-1-3-8-16)13-15-6-4-11-21-12-15/h1-4,6-8,11-12H,5,9-10,13-14,20H2. The molecule has 1 aliphatic rings. The molecule has 0 bridgehead atoms. The van der Waals surface area contributed by atoms with E-state index in [0.29, 0.717) is 24.8 Å². The minimum Gasteiger partial charge on any atom is -0.358 e. The van der Waals surface area contributed by atoms with Crippen molar-refractivity contribution in [2.75, 3.05) is 4.90 Å². The van der Waals surface area contributed by atoms with Gasteiger partial charge in [0.15, 0.2) is 5.82 Å². The number of nitrogens with two attached hydrogens (primary N) is 1. The lowest BCUT2D eigenvalue weighted by Gasteiger charge is -2.34. The van der Waals surface area contributed by atoms with Crippen molar-refractivity contribution in [3.05, 3.63) is 72.1 Å². The number of hydrogen-bond donors (Lipinski definition) is 1. The molecule has 0 spiro atoms. The van der Waals surface area contributed by atoms with Crippen molar-refractivity contribution in [3.8, 4) is 0 Å². The van der Waals surface area contributed by atoms with Gasteiger partial charge in [-0.05, 0) is 43.0 Å². The second-order valence-electron chi connectivity index (χ2n) is 6.57. The monoisotopic (exact) mass is 335 g/mol. The first kappa shape index (κ1) is 15.8. The zero-order valence-corrected chi connectivity index (χ0v) is 14.0. The van der Waals surface area contributed by atoms with Crippen molar-refractivity contribution in [2.24, 2.45) is 5.73 Å². The lowest BCUT2D eigenvalue weighted by molar-refractivity contribution is 0.229. The summed E-state index contributed by atoms with van der Waals surface area (Å²) in [7, 11) is 0. The molecule has 3 aromatic rings. The Morgan fingerprint density at radius 2 is 1.92 bits per heavy atom. The summed E-state index contributed by atoms with van der Waals surface area (Å²) in [5.41, 5.74) is 8.12. The van der Waals surface area contributed by atoms with E-state index in [1.807, 2.05) is 30.5 Å². The molecule has 128 valence electrons. The molecule has 0 radical (unpaired) electrons. The van der Waals surface area contributed by atoms with Crippen LogP contribution in [0, 0.1) is 0 Å². The largest absolute Gasteiger partial charge is 0.358 e. The predicted molar refractivity (Wildman–Crippen MR) is 94.6 cm³/mol. The molecule has 25 heavy (non-hydrogen) atoms. The van der Waals surface area contributed by atoms with Crippen LogP contribution in [0.5, 0.6) is 0 Å². The van der Waals surface area contributed by atoms with Gasteiger partial charge in [-0.2, -0.15) is 4.98 Å². The second-order valence-corrected chi connectivity index (χ2v) is 6.57. The van der Waals surface area contributed by atoms with E-state index < -0.39 is 5.54 Å². The maximum Gasteiger partial charge on any atom is 0.246 e. The molecule has 0 unspecified atom stereocenters. The van der Waals surface area contributed by atoms with Crippen LogP contribution in [0.3, 0.4) is 0 Å². The van der Waals surface area contributed by atoms with Crippen LogP contribution in [0.4, 0.5) is 5.69 Å². The van der Waals surface area contributed by atoms with Gasteiger partial charge in [0, 0.05) is 24.6 Å². The smallest absolute Gasteiger partial charge is 0.246 e. The molecule has 0 atom stereocenters. The van der Waals surface area contributed by atoms with Crippen LogP contribution in [0.2, 0.25) is 0 Å². The highest BCUT2D eigenvalue weighted by atomic mass is 16.5. The van der Waals surface area contributed by atoms with Crippen molar-refractivity contribution < 1.29 is 4.52 Å². The molecular formula is C19H21N5O. The lowest BCUT2D eigenvalue weighted by Crippen LogP contribution is -2.44. The van der Waals surface area contributed by atoms with Crippen LogP contribution < -0.4 is 10.6 Å². The van der Waals surface area contributed by atoms with Crippen LogP contribution in [0.25, 0.3) is 0 Å². The fraction of sp³-hybridized carbons (Fsp3) is 0.316. The molecule has 6 heteroatoms. The first-order chi connectivity index (χ1) is 12.2. The molecule has 2 heterocycles. The molecular weight excluding hydrogens is 314 g/mol. The zero-order chi connectivity index (χ0) is 17.1. The Morgan fingerprint density at radius 1 is 1.08 bits per heavy atom. The van der Waals surface area contributed by atoms with Gasteiger partial charge in [-0.3, -0.25) is 4.98 Å². The van der Waals surface area contributed by atoms with E-state index in [4.69, 9.17) is 10.3 Å². The Hall–Kier alpha value is -2.73. The van der Waals surface area contributed by atoms with Crippen LogP contribution in [-0.4, -0.2) is 15.1 Å². The van der Waals surface area contributed by atoms with Gasteiger partial charge in [0.1, 0.15) is 0 Å². The van der Waals surface area contributed by atoms with Gasteiger partial charge >= 0.3 is 0 Å². The number of para-hydroxylation sites is 1. The Labute approximate surface area is 146 Å². The van der Waals surface area contributed by atoms with E-state index in [1.165, 1.54) is 0 Å². The van der Waals surface area contributed by atoms with E-state index in [9.17, 15) is 0 Å². The Bertz CT molecular complexity index is 814. The number of aromatic nitrogens is 3. The number of hydrogen-bond acceptors (Lipinski definition) is 6. The van der Waals surface area contributed by atoms with Crippen LogP contribution in [0.15, 0.2) is 59.4 Å². The van der Waals surface area contributed by atoms with Crippen molar-refractivity contribution in [1.29, 1.82) is 0 Å². The second kappa shape index (κ2) is 6.64. The highest BCUT2D eigenvalue weighted by Crippen LogP contribution is 2.37. The van der Waals surface area contributed by atoms with E-state index in [1.54, 1.807) is 6.20 Å². The van der Waals surface area contributed by atoms with Gasteiger partial charge in [0.05, 0.1) is 12.1 Å². The number of nitrogens with zero attached hydrogens (tertiary/aromatic N) is 4. The summed E-state index contributed by atoms with van der Waals surface area (Å²) in [4.78, 5) is 10.9. The predicted octanol–water partition coefficient (Wildman–Crippen LogP) is 3.01. The van der Waals surface area contributed by atoms with Crippen molar-refractivity contribution in [3.63, 3.8) is 0 Å². The first-order valence-electron chi connectivity index (χ1n) is 8.54. The van der Waals surface area contributed by atoms with Gasteiger partial charge < -0.3 is 15.2 Å². The fourth-order valence-electron chi connectivity index (χ4n) is 3.06. The third-order valence-electron chi connectivity index (χ3n) is 4.70. The maximum atomic E-state index is 6.30. The van der Waals surface area contributed by atoms with Crippen molar-refractivity contribution in [2.45, 2.75) is 37.9 Å². The molecule has 1 saturated carbocycles. The third-order valence-corrected chi connectivity index (χ3v) is 4.70. The highest BCUT2D eigenvalue weighted by molar-refractivity contribution is 5.46. The van der Waals surface area contributed by atoms with Gasteiger partial charge in [-0.25, -0.2) is 0 Å². The van der Waals surface area contributed by atoms with E-state index >= 15 is 0 Å². The molecule has 0 amide bonds. The maximum absolute atomic E-state index is 6.30. The average molecular weight is 335 g/mol. The summed E-state index contributed by atoms with van der Waals surface area (Å²) in [5, 5.41) is 4.11. The average Bonchev–Trinajstić information content (AvgIpc) is 3.10. The molecule has 1 aliphatic carbocycles. The van der Waals surface area contributed by atoms with E-state index in [0.717, 1.165) is 30.5 Å². The minimum absolute atomic E-state index is 0.400. The van der Waals surface area contributed by atoms with Crippen LogP contribution in [0.1, 0.15) is 36.5 Å². The van der Waals surface area contributed by atoms with Gasteiger partial charge in [0.2, 0.25) is 5.89 Å². The van der Waals surface area contributed by atoms with Crippen molar-refractivity contribution >= 4 is 5.69 Å². The molecule has 2 N–H and O–H groups in total. The van der Waals surface area contributed by atoms with Gasteiger partial charge in [-0.15, -0.1) is 0 Å². The lowest BCUT2D eigenvalue weighted by atomic mass is 9.77. The van der Waals surface area contributed by atoms with Crippen LogP contribution >= 0.6 is 0 Å². The Kier molecular flexibility index (Phi) is 4.19. The molecule has 6 nitrogen and oxygen atoms in total. The normalized spacial score (nSPS) is 15.6. The number of benzene rings is 1. The quantitative estimate of drug-likeness (QED) is 0.746. The first-order valence-corrected chi connectivity index (χ1v) is 8.54. The molecule has 1 aromatic carbocycles. The number of anilines is 1. The summed E-state index contributed by atoms with van der Waals surface area (Å²) < 4.78 is 5.48. The van der Waals surface area contributed by atoms with Gasteiger partial charge in [0.25, 0.3) is 0 Å². The zero-order valence-electron chi connectivity index (χ0n) is 14.0. The van der Waals surface area contributed by atoms with E-state index in [-0.39, 0.29) is 0 Å². The topological polar surface area (TPSA) is 81.1 Å². The molecule has 0 saturated heterocycles. The summed E-state index contributed by atoms with van der Waals surface area (Å²) in [5.74, 6) is 1.21. The van der Waals surface area contributed by atoms with Crippen molar-refractivity contribution in [1.82, 2.24) is 15.1 Å². The Morgan fingerprint density at radius 3 is 2.60 bits per heavy atom. The number of pyridine rings is 1. The molecule has 2 aromatic heterocycles. The van der Waals surface area contributed by atoms with Gasteiger partial charge in [-0.1, -0.05) is 29.4 Å². The summed E-state index contributed by atoms with van der Waals surface area (Å²) in [6.07, 6.45) is 6.62. The molecule has 0 aliphatic heterocycles. The fourth-order valence-corrected chi connectivity index (χ4v) is 3.06. The summed E-state index contributed by atoms with van der Waals surface area (Å²) in [6.45, 7) is 1.24. The Balaban J connectivity index is 1.56. The minimum atomic E-state index is -0.400. The van der Waals surface area contributed by atoms with E-state index in [2.05, 4.69) is 38.2 Å². The SMILES string of the molecule is NC1(c2noc(CN(Cc3cccnc3)c3ccccc3)n2)CCC1. The molecule has 4 rings (SSSR count). The number of rotatable bonds is 6. The summed E-state index contributed by atoms with van der Waals surface area (Å²) in [6, 6.07) is 14.2.